The largest absolute Gasteiger partial charge is 0.361 e. The molecule has 0 aliphatic rings. The van der Waals surface area contributed by atoms with Crippen molar-refractivity contribution in [2.75, 3.05) is 11.9 Å². The highest BCUT2D eigenvalue weighted by molar-refractivity contribution is 9.10. The van der Waals surface area contributed by atoms with Crippen molar-refractivity contribution in [2.24, 2.45) is 5.92 Å². The monoisotopic (exact) mass is 276 g/mol. The SMILES string of the molecule is CC(C)CCCCNc1nc(Br)cs1. The molecule has 0 aromatic carbocycles. The van der Waals surface area contributed by atoms with E-state index in [0.717, 1.165) is 22.2 Å². The van der Waals surface area contributed by atoms with Crippen molar-refractivity contribution in [3.63, 3.8) is 0 Å². The van der Waals surface area contributed by atoms with E-state index >= 15 is 0 Å². The predicted octanol–water partition coefficient (Wildman–Crippen LogP) is 4.14. The molecule has 14 heavy (non-hydrogen) atoms. The average Bonchev–Trinajstić information content (AvgIpc) is 2.50. The van der Waals surface area contributed by atoms with Gasteiger partial charge in [0.1, 0.15) is 4.60 Å². The molecule has 0 radical (unpaired) electrons. The van der Waals surface area contributed by atoms with Gasteiger partial charge in [-0.15, -0.1) is 11.3 Å². The second kappa shape index (κ2) is 6.40. The van der Waals surface area contributed by atoms with Crippen LogP contribution in [0.3, 0.4) is 0 Å². The van der Waals surface area contributed by atoms with Gasteiger partial charge >= 0.3 is 0 Å². The van der Waals surface area contributed by atoms with E-state index in [0.29, 0.717) is 0 Å². The van der Waals surface area contributed by atoms with Crippen molar-refractivity contribution in [1.29, 1.82) is 0 Å². The first-order valence-electron chi connectivity index (χ1n) is 5.03. The zero-order valence-corrected chi connectivity index (χ0v) is 11.1. The maximum absolute atomic E-state index is 4.27. The van der Waals surface area contributed by atoms with Crippen molar-refractivity contribution < 1.29 is 0 Å². The molecule has 0 saturated carbocycles. The molecule has 2 nitrogen and oxygen atoms in total. The molecule has 0 atom stereocenters. The number of nitrogens with zero attached hydrogens (tertiary/aromatic N) is 1. The van der Waals surface area contributed by atoms with Crippen LogP contribution in [0, 0.1) is 5.92 Å². The fraction of sp³-hybridized carbons (Fsp3) is 0.700. The Kier molecular flexibility index (Phi) is 5.48. The van der Waals surface area contributed by atoms with Crippen molar-refractivity contribution in [3.8, 4) is 0 Å². The summed E-state index contributed by atoms with van der Waals surface area (Å²) < 4.78 is 0.923. The number of unbranched alkanes of at least 4 members (excludes halogenated alkanes) is 1. The van der Waals surface area contributed by atoms with E-state index in [1.165, 1.54) is 19.3 Å². The molecular formula is C10H17BrN2S. The lowest BCUT2D eigenvalue weighted by Crippen LogP contribution is -2.01. The molecule has 0 aliphatic heterocycles. The zero-order chi connectivity index (χ0) is 10.4. The average molecular weight is 277 g/mol. The third kappa shape index (κ3) is 4.96. The molecular weight excluding hydrogens is 260 g/mol. The van der Waals surface area contributed by atoms with Gasteiger partial charge in [0.2, 0.25) is 0 Å². The molecule has 80 valence electrons. The summed E-state index contributed by atoms with van der Waals surface area (Å²) in [5, 5.41) is 6.33. The van der Waals surface area contributed by atoms with Crippen LogP contribution in [0.15, 0.2) is 9.98 Å². The Labute approximate surface area is 98.3 Å². The Morgan fingerprint density at radius 2 is 2.29 bits per heavy atom. The van der Waals surface area contributed by atoms with Crippen molar-refractivity contribution >= 4 is 32.4 Å². The Balaban J connectivity index is 2.04. The smallest absolute Gasteiger partial charge is 0.183 e. The normalized spacial score (nSPS) is 10.9. The lowest BCUT2D eigenvalue weighted by atomic mass is 10.1. The van der Waals surface area contributed by atoms with Crippen LogP contribution in [0.5, 0.6) is 0 Å². The Morgan fingerprint density at radius 1 is 1.50 bits per heavy atom. The highest BCUT2D eigenvalue weighted by Crippen LogP contribution is 2.19. The predicted molar refractivity (Wildman–Crippen MR) is 67.0 cm³/mol. The molecule has 1 aromatic rings. The summed E-state index contributed by atoms with van der Waals surface area (Å²) in [7, 11) is 0. The van der Waals surface area contributed by atoms with Gasteiger partial charge in [0.15, 0.2) is 5.13 Å². The molecule has 1 heterocycles. The summed E-state index contributed by atoms with van der Waals surface area (Å²) >= 11 is 4.98. The first-order chi connectivity index (χ1) is 6.68. The van der Waals surface area contributed by atoms with Gasteiger partial charge < -0.3 is 5.32 Å². The Hall–Kier alpha value is -0.0900. The third-order valence-corrected chi connectivity index (χ3v) is 3.47. The number of aromatic nitrogens is 1. The van der Waals surface area contributed by atoms with Gasteiger partial charge in [-0.2, -0.15) is 0 Å². The second-order valence-electron chi connectivity index (χ2n) is 3.79. The van der Waals surface area contributed by atoms with E-state index < -0.39 is 0 Å². The summed E-state index contributed by atoms with van der Waals surface area (Å²) in [4.78, 5) is 4.27. The van der Waals surface area contributed by atoms with E-state index in [4.69, 9.17) is 0 Å². The quantitative estimate of drug-likeness (QED) is 0.790. The van der Waals surface area contributed by atoms with Crippen LogP contribution in [0.4, 0.5) is 5.13 Å². The molecule has 0 unspecified atom stereocenters. The van der Waals surface area contributed by atoms with Crippen molar-refractivity contribution in [2.45, 2.75) is 33.1 Å². The molecule has 1 rings (SSSR count). The zero-order valence-electron chi connectivity index (χ0n) is 8.72. The van der Waals surface area contributed by atoms with Crippen LogP contribution in [-0.2, 0) is 0 Å². The molecule has 1 N–H and O–H groups in total. The van der Waals surface area contributed by atoms with Gasteiger partial charge in [-0.05, 0) is 28.3 Å². The number of rotatable bonds is 6. The van der Waals surface area contributed by atoms with E-state index in [1.807, 2.05) is 5.38 Å². The summed E-state index contributed by atoms with van der Waals surface area (Å²) in [5.74, 6) is 0.823. The van der Waals surface area contributed by atoms with E-state index in [1.54, 1.807) is 11.3 Å². The lowest BCUT2D eigenvalue weighted by Gasteiger charge is -2.04. The van der Waals surface area contributed by atoms with Crippen molar-refractivity contribution in [1.82, 2.24) is 4.98 Å². The van der Waals surface area contributed by atoms with E-state index in [9.17, 15) is 0 Å². The van der Waals surface area contributed by atoms with Crippen LogP contribution in [0.2, 0.25) is 0 Å². The van der Waals surface area contributed by atoms with Gasteiger partial charge in [-0.3, -0.25) is 0 Å². The minimum Gasteiger partial charge on any atom is -0.361 e. The Bertz CT molecular complexity index is 260. The first kappa shape index (κ1) is 12.0. The maximum Gasteiger partial charge on any atom is 0.183 e. The van der Waals surface area contributed by atoms with Crippen LogP contribution in [-0.4, -0.2) is 11.5 Å². The number of nitrogens with one attached hydrogen (secondary N) is 1. The van der Waals surface area contributed by atoms with Crippen LogP contribution < -0.4 is 5.32 Å². The number of halogens is 1. The highest BCUT2D eigenvalue weighted by Gasteiger charge is 1.98. The van der Waals surface area contributed by atoms with Crippen LogP contribution in [0.1, 0.15) is 33.1 Å². The minimum atomic E-state index is 0.823. The second-order valence-corrected chi connectivity index (χ2v) is 5.46. The molecule has 0 aliphatic carbocycles. The summed E-state index contributed by atoms with van der Waals surface area (Å²) in [6.45, 7) is 5.57. The molecule has 0 saturated heterocycles. The number of hydrogen-bond donors (Lipinski definition) is 1. The van der Waals surface area contributed by atoms with Crippen LogP contribution >= 0.6 is 27.3 Å². The van der Waals surface area contributed by atoms with E-state index in [2.05, 4.69) is 40.1 Å². The Morgan fingerprint density at radius 3 is 2.86 bits per heavy atom. The maximum atomic E-state index is 4.27. The lowest BCUT2D eigenvalue weighted by molar-refractivity contribution is 0.545. The topological polar surface area (TPSA) is 24.9 Å². The summed E-state index contributed by atoms with van der Waals surface area (Å²) in [6.07, 6.45) is 3.86. The fourth-order valence-electron chi connectivity index (χ4n) is 1.21. The van der Waals surface area contributed by atoms with E-state index in [-0.39, 0.29) is 0 Å². The van der Waals surface area contributed by atoms with Gasteiger partial charge in [-0.1, -0.05) is 26.7 Å². The molecule has 1 aromatic heterocycles. The number of thiazole rings is 1. The summed E-state index contributed by atoms with van der Waals surface area (Å²) in [5.41, 5.74) is 0. The molecule has 0 amide bonds. The first-order valence-corrected chi connectivity index (χ1v) is 6.70. The van der Waals surface area contributed by atoms with Gasteiger partial charge in [0, 0.05) is 11.9 Å². The molecule has 4 heteroatoms. The van der Waals surface area contributed by atoms with Crippen molar-refractivity contribution in [3.05, 3.63) is 9.98 Å². The number of hydrogen-bond acceptors (Lipinski definition) is 3. The van der Waals surface area contributed by atoms with Gasteiger partial charge in [-0.25, -0.2) is 4.98 Å². The minimum absolute atomic E-state index is 0.823. The summed E-state index contributed by atoms with van der Waals surface area (Å²) in [6, 6.07) is 0. The number of anilines is 1. The molecule has 0 spiro atoms. The van der Waals surface area contributed by atoms with Crippen LogP contribution in [0.25, 0.3) is 0 Å². The standard InChI is InChI=1S/C10H17BrN2S/c1-8(2)5-3-4-6-12-10-13-9(11)7-14-10/h7-8H,3-6H2,1-2H3,(H,12,13). The molecule has 0 bridgehead atoms. The van der Waals surface area contributed by atoms with Gasteiger partial charge in [0.25, 0.3) is 0 Å². The van der Waals surface area contributed by atoms with Gasteiger partial charge in [0.05, 0.1) is 0 Å². The third-order valence-electron chi connectivity index (χ3n) is 1.96. The highest BCUT2D eigenvalue weighted by atomic mass is 79.9. The molecule has 0 fully saturated rings. The fourth-order valence-corrected chi connectivity index (χ4v) is 2.38.